The Labute approximate surface area is 225 Å². The molecule has 0 spiro atoms. The van der Waals surface area contributed by atoms with Crippen LogP contribution in [0.15, 0.2) is 119 Å². The zero-order chi connectivity index (χ0) is 26.6. The zero-order valence-corrected chi connectivity index (χ0v) is 21.2. The van der Waals surface area contributed by atoms with Gasteiger partial charge in [0.2, 0.25) is 6.17 Å². The van der Waals surface area contributed by atoms with Gasteiger partial charge in [-0.1, -0.05) is 78.9 Å². The first-order valence-corrected chi connectivity index (χ1v) is 12.5. The number of fused-ring (bicyclic) bond motifs is 1. The number of aliphatic imine (C=N–C) groups is 1. The maximum Gasteiger partial charge on any atom is 0.272 e. The second-order valence-electron chi connectivity index (χ2n) is 8.97. The number of aromatic nitrogens is 2. The lowest BCUT2D eigenvalue weighted by Crippen LogP contribution is -2.41. The van der Waals surface area contributed by atoms with E-state index in [-0.39, 0.29) is 11.9 Å². The minimum Gasteiger partial charge on any atom is -0.497 e. The van der Waals surface area contributed by atoms with E-state index in [4.69, 9.17) is 14.3 Å². The summed E-state index contributed by atoms with van der Waals surface area (Å²) < 4.78 is 10.8. The van der Waals surface area contributed by atoms with Crippen LogP contribution in [0.5, 0.6) is 5.75 Å². The lowest BCUT2D eigenvalue weighted by atomic mass is 10.00. The lowest BCUT2D eigenvalue weighted by Gasteiger charge is -2.25. The number of nitrogens with zero attached hydrogens (tertiary/aromatic N) is 4. The second kappa shape index (κ2) is 10.6. The van der Waals surface area contributed by atoms with Crippen molar-refractivity contribution in [2.75, 3.05) is 17.3 Å². The first-order valence-electron chi connectivity index (χ1n) is 12.5. The van der Waals surface area contributed by atoms with E-state index in [0.717, 1.165) is 33.7 Å². The predicted molar refractivity (Wildman–Crippen MR) is 150 cm³/mol. The first-order chi connectivity index (χ1) is 19.2. The molecule has 5 aromatic rings. The van der Waals surface area contributed by atoms with Crippen molar-refractivity contribution in [3.8, 4) is 17.2 Å². The summed E-state index contributed by atoms with van der Waals surface area (Å²) in [5, 5.41) is 7.19. The summed E-state index contributed by atoms with van der Waals surface area (Å²) in [6.45, 7) is 0.344. The first kappa shape index (κ1) is 24.1. The summed E-state index contributed by atoms with van der Waals surface area (Å²) in [5.74, 6) is 1.04. The van der Waals surface area contributed by atoms with E-state index in [2.05, 4.69) is 15.5 Å². The van der Waals surface area contributed by atoms with E-state index >= 15 is 0 Å². The number of benzodiazepines with no additional fused rings is 1. The van der Waals surface area contributed by atoms with Crippen molar-refractivity contribution in [3.63, 3.8) is 0 Å². The summed E-state index contributed by atoms with van der Waals surface area (Å²) in [7, 11) is 1.63. The van der Waals surface area contributed by atoms with E-state index in [1.165, 1.54) is 0 Å². The quantitative estimate of drug-likeness (QED) is 0.305. The second-order valence-corrected chi connectivity index (χ2v) is 8.97. The number of hydrogen-bond donors (Lipinski definition) is 1. The Balaban J connectivity index is 1.41. The molecule has 0 saturated heterocycles. The molecule has 192 valence electrons. The monoisotopic (exact) mass is 515 g/mol. The van der Waals surface area contributed by atoms with Crippen molar-refractivity contribution in [2.24, 2.45) is 4.99 Å². The maximum atomic E-state index is 14.1. The van der Waals surface area contributed by atoms with Crippen molar-refractivity contribution in [1.82, 2.24) is 10.1 Å². The number of rotatable bonds is 7. The Hall–Kier alpha value is -5.24. The van der Waals surface area contributed by atoms with Crippen LogP contribution < -0.4 is 15.0 Å². The van der Waals surface area contributed by atoms with Gasteiger partial charge in [0, 0.05) is 16.7 Å². The highest BCUT2D eigenvalue weighted by Crippen LogP contribution is 2.31. The molecule has 6 rings (SSSR count). The number of nitrogens with one attached hydrogen (secondary N) is 1. The van der Waals surface area contributed by atoms with Crippen LogP contribution in [-0.4, -0.2) is 35.0 Å². The average Bonchev–Trinajstić information content (AvgIpc) is 3.44. The fourth-order valence-electron chi connectivity index (χ4n) is 4.53. The molecule has 4 aromatic carbocycles. The number of amides is 1. The van der Waals surface area contributed by atoms with Gasteiger partial charge in [-0.3, -0.25) is 4.79 Å². The standard InChI is InChI=1S/C31H25N5O3/c1-38-24-18-16-21(17-19-24)20-36-26-15-9-8-14-25(26)27(22-10-4-2-5-11-22)32-28(30(36)37)33-31-34-29(39-35-31)23-12-6-3-7-13-23/h2-19,28H,20H2,1H3,(H,33,35). The summed E-state index contributed by atoms with van der Waals surface area (Å²) in [6.07, 6.45) is -0.993. The molecule has 0 saturated carbocycles. The molecule has 1 aromatic heterocycles. The Bertz CT molecular complexity index is 1620. The van der Waals surface area contributed by atoms with Crippen LogP contribution in [-0.2, 0) is 11.3 Å². The number of ether oxygens (including phenoxy) is 1. The summed E-state index contributed by atoms with van der Waals surface area (Å²) in [4.78, 5) is 25.3. The van der Waals surface area contributed by atoms with Crippen molar-refractivity contribution < 1.29 is 14.1 Å². The lowest BCUT2D eigenvalue weighted by molar-refractivity contribution is -0.119. The minimum absolute atomic E-state index is 0.179. The van der Waals surface area contributed by atoms with Crippen molar-refractivity contribution in [1.29, 1.82) is 0 Å². The van der Waals surface area contributed by atoms with E-state index in [0.29, 0.717) is 18.1 Å². The predicted octanol–water partition coefficient (Wildman–Crippen LogP) is 5.57. The molecule has 2 heterocycles. The van der Waals surface area contributed by atoms with E-state index in [1.807, 2.05) is 109 Å². The van der Waals surface area contributed by atoms with Gasteiger partial charge in [-0.05, 0) is 41.1 Å². The van der Waals surface area contributed by atoms with E-state index < -0.39 is 6.17 Å². The highest BCUT2D eigenvalue weighted by Gasteiger charge is 2.33. The molecule has 0 aliphatic carbocycles. The highest BCUT2D eigenvalue weighted by molar-refractivity contribution is 6.20. The molecule has 1 atom stereocenters. The zero-order valence-electron chi connectivity index (χ0n) is 21.2. The molecule has 1 N–H and O–H groups in total. The molecular formula is C31H25N5O3. The molecule has 0 radical (unpaired) electrons. The smallest absolute Gasteiger partial charge is 0.272 e. The Morgan fingerprint density at radius 3 is 2.23 bits per heavy atom. The van der Waals surface area contributed by atoms with Gasteiger partial charge in [-0.2, -0.15) is 4.98 Å². The molecule has 0 bridgehead atoms. The van der Waals surface area contributed by atoms with E-state index in [1.54, 1.807) is 12.0 Å². The van der Waals surface area contributed by atoms with Gasteiger partial charge in [0.25, 0.3) is 17.7 Å². The number of benzene rings is 4. The molecule has 8 heteroatoms. The summed E-state index contributed by atoms with van der Waals surface area (Å²) in [6, 6.07) is 34.8. The SMILES string of the molecule is COc1ccc(CN2C(=O)C(Nc3noc(-c4ccccc4)n3)N=C(c3ccccc3)c3ccccc32)cc1. The molecular weight excluding hydrogens is 490 g/mol. The third-order valence-electron chi connectivity index (χ3n) is 6.47. The third-order valence-corrected chi connectivity index (χ3v) is 6.47. The van der Waals surface area contributed by atoms with Crippen LogP contribution in [0.3, 0.4) is 0 Å². The molecule has 1 aliphatic heterocycles. The molecule has 1 aliphatic rings. The number of carbonyl (C=O) groups is 1. The van der Waals surface area contributed by atoms with Crippen LogP contribution in [0, 0.1) is 0 Å². The van der Waals surface area contributed by atoms with Crippen molar-refractivity contribution in [3.05, 3.63) is 126 Å². The van der Waals surface area contributed by atoms with Gasteiger partial charge >= 0.3 is 0 Å². The van der Waals surface area contributed by atoms with E-state index in [9.17, 15) is 4.79 Å². The fourth-order valence-corrected chi connectivity index (χ4v) is 4.53. The van der Waals surface area contributed by atoms with Gasteiger partial charge in [-0.25, -0.2) is 4.99 Å². The Morgan fingerprint density at radius 1 is 0.846 bits per heavy atom. The third kappa shape index (κ3) is 5.00. The van der Waals surface area contributed by atoms with Gasteiger partial charge in [-0.15, -0.1) is 0 Å². The van der Waals surface area contributed by atoms with Gasteiger partial charge < -0.3 is 19.5 Å². The van der Waals surface area contributed by atoms with Crippen molar-refractivity contribution in [2.45, 2.75) is 12.7 Å². The average molecular weight is 516 g/mol. The van der Waals surface area contributed by atoms with Gasteiger partial charge in [0.05, 0.1) is 25.1 Å². The highest BCUT2D eigenvalue weighted by atomic mass is 16.5. The summed E-state index contributed by atoms with van der Waals surface area (Å²) >= 11 is 0. The van der Waals surface area contributed by atoms with Crippen molar-refractivity contribution >= 4 is 23.3 Å². The largest absolute Gasteiger partial charge is 0.497 e. The number of hydrogen-bond acceptors (Lipinski definition) is 7. The normalized spacial score (nSPS) is 14.8. The topological polar surface area (TPSA) is 92.8 Å². The van der Waals surface area contributed by atoms with Crippen LogP contribution in [0.25, 0.3) is 11.5 Å². The van der Waals surface area contributed by atoms with Crippen LogP contribution in [0.1, 0.15) is 16.7 Å². The maximum absolute atomic E-state index is 14.1. The molecule has 1 amide bonds. The number of anilines is 2. The van der Waals surface area contributed by atoms with Crippen LogP contribution >= 0.6 is 0 Å². The molecule has 0 fully saturated rings. The number of carbonyl (C=O) groups excluding carboxylic acids is 1. The minimum atomic E-state index is -0.993. The number of methoxy groups -OCH3 is 1. The number of para-hydroxylation sites is 1. The van der Waals surface area contributed by atoms with Crippen LogP contribution in [0.4, 0.5) is 11.6 Å². The molecule has 39 heavy (non-hydrogen) atoms. The fraction of sp³-hybridized carbons (Fsp3) is 0.0968. The Morgan fingerprint density at radius 2 is 1.51 bits per heavy atom. The van der Waals surface area contributed by atoms with Crippen LogP contribution in [0.2, 0.25) is 0 Å². The van der Waals surface area contributed by atoms with Gasteiger partial charge in [0.15, 0.2) is 0 Å². The summed E-state index contributed by atoms with van der Waals surface area (Å²) in [5.41, 5.74) is 4.95. The molecule has 1 unspecified atom stereocenters. The Kier molecular flexibility index (Phi) is 6.57. The molecule has 8 nitrogen and oxygen atoms in total. The van der Waals surface area contributed by atoms with Gasteiger partial charge in [0.1, 0.15) is 5.75 Å².